The van der Waals surface area contributed by atoms with Crippen LogP contribution in [0.15, 0.2) is 24.3 Å². The molecular weight excluding hydrogens is 258 g/mol. The maximum atomic E-state index is 12.2. The number of nitrogens with two attached hydrogens (primary N) is 1. The zero-order chi connectivity index (χ0) is 14.5. The molecule has 1 amide bonds. The van der Waals surface area contributed by atoms with Gasteiger partial charge >= 0.3 is 5.97 Å². The minimum Gasteiger partial charge on any atom is -0.480 e. The number of benzene rings is 1. The largest absolute Gasteiger partial charge is 0.480 e. The average Bonchev–Trinajstić information content (AvgIpc) is 2.38. The average molecular weight is 277 g/mol. The van der Waals surface area contributed by atoms with Crippen LogP contribution in [0.2, 0.25) is 0 Å². The van der Waals surface area contributed by atoms with E-state index in [-0.39, 0.29) is 12.5 Å². The van der Waals surface area contributed by atoms with Crippen molar-refractivity contribution in [1.29, 1.82) is 0 Å². The predicted molar refractivity (Wildman–Crippen MR) is 75.2 cm³/mol. The number of carbonyl (C=O) groups is 2. The molecule has 1 heterocycles. The fourth-order valence-corrected chi connectivity index (χ4v) is 2.34. The van der Waals surface area contributed by atoms with E-state index in [4.69, 9.17) is 10.8 Å². The van der Waals surface area contributed by atoms with Crippen LogP contribution in [0.5, 0.6) is 0 Å². The maximum Gasteiger partial charge on any atom is 0.317 e. The fourth-order valence-electron chi connectivity index (χ4n) is 2.34. The third-order valence-electron chi connectivity index (χ3n) is 3.39. The van der Waals surface area contributed by atoms with E-state index in [1.807, 2.05) is 17.0 Å². The molecule has 0 aliphatic carbocycles. The normalized spacial score (nSPS) is 16.1. The van der Waals surface area contributed by atoms with Gasteiger partial charge < -0.3 is 15.7 Å². The van der Waals surface area contributed by atoms with Crippen LogP contribution in [0, 0.1) is 0 Å². The van der Waals surface area contributed by atoms with Gasteiger partial charge in [-0.3, -0.25) is 14.5 Å². The summed E-state index contributed by atoms with van der Waals surface area (Å²) in [4.78, 5) is 26.4. The summed E-state index contributed by atoms with van der Waals surface area (Å²) in [6, 6.07) is 7.31. The number of carbonyl (C=O) groups excluding carboxylic acids is 1. The standard InChI is InChI=1S/C14H19N3O3/c15-12-3-1-2-11(8-12)9-13(18)17-6-4-16(5-7-17)10-14(19)20/h1-3,8H,4-7,9-10,15H2,(H,19,20). The maximum absolute atomic E-state index is 12.2. The number of carboxylic acids is 1. The smallest absolute Gasteiger partial charge is 0.317 e. The van der Waals surface area contributed by atoms with Crippen LogP contribution in [0.4, 0.5) is 5.69 Å². The van der Waals surface area contributed by atoms with Gasteiger partial charge in [-0.05, 0) is 17.7 Å². The predicted octanol–water partition coefficient (Wildman–Crippen LogP) is 0.0401. The summed E-state index contributed by atoms with van der Waals surface area (Å²) in [5.74, 6) is -0.768. The Morgan fingerprint density at radius 3 is 2.50 bits per heavy atom. The molecule has 1 aliphatic heterocycles. The molecule has 20 heavy (non-hydrogen) atoms. The summed E-state index contributed by atoms with van der Waals surface area (Å²) >= 11 is 0. The molecule has 2 rings (SSSR count). The third kappa shape index (κ3) is 3.96. The topological polar surface area (TPSA) is 86.9 Å². The molecule has 0 saturated carbocycles. The molecule has 0 spiro atoms. The van der Waals surface area contributed by atoms with Crippen molar-refractivity contribution in [3.05, 3.63) is 29.8 Å². The van der Waals surface area contributed by atoms with Gasteiger partial charge in [-0.25, -0.2) is 0 Å². The highest BCUT2D eigenvalue weighted by Crippen LogP contribution is 2.10. The van der Waals surface area contributed by atoms with E-state index in [0.717, 1.165) is 5.56 Å². The number of hydrogen-bond acceptors (Lipinski definition) is 4. The lowest BCUT2D eigenvalue weighted by Gasteiger charge is -2.33. The van der Waals surface area contributed by atoms with Crippen molar-refractivity contribution in [2.75, 3.05) is 38.5 Å². The van der Waals surface area contributed by atoms with Crippen LogP contribution >= 0.6 is 0 Å². The van der Waals surface area contributed by atoms with Gasteiger partial charge in [-0.1, -0.05) is 12.1 Å². The summed E-state index contributed by atoms with van der Waals surface area (Å²) in [6.07, 6.45) is 0.337. The second-order valence-corrected chi connectivity index (χ2v) is 4.97. The third-order valence-corrected chi connectivity index (χ3v) is 3.39. The Morgan fingerprint density at radius 2 is 1.90 bits per heavy atom. The van der Waals surface area contributed by atoms with Crippen molar-refractivity contribution < 1.29 is 14.7 Å². The molecule has 0 aromatic heterocycles. The number of carboxylic acid groups (broad SMARTS) is 1. The van der Waals surface area contributed by atoms with E-state index in [1.54, 1.807) is 17.0 Å². The van der Waals surface area contributed by atoms with Gasteiger partial charge in [0.1, 0.15) is 0 Å². The van der Waals surface area contributed by atoms with E-state index >= 15 is 0 Å². The van der Waals surface area contributed by atoms with Crippen molar-refractivity contribution in [3.8, 4) is 0 Å². The van der Waals surface area contributed by atoms with Crippen LogP contribution in [0.3, 0.4) is 0 Å². The van der Waals surface area contributed by atoms with Crippen LogP contribution in [-0.4, -0.2) is 59.5 Å². The number of piperazine rings is 1. The monoisotopic (exact) mass is 277 g/mol. The second-order valence-electron chi connectivity index (χ2n) is 4.97. The Kier molecular flexibility index (Phi) is 4.57. The Bertz CT molecular complexity index is 496. The Balaban J connectivity index is 1.84. The highest BCUT2D eigenvalue weighted by molar-refractivity contribution is 5.79. The molecule has 1 aromatic rings. The Hall–Kier alpha value is -2.08. The summed E-state index contributed by atoms with van der Waals surface area (Å²) in [5, 5.41) is 8.73. The number of nitrogens with zero attached hydrogens (tertiary/aromatic N) is 2. The molecule has 6 nitrogen and oxygen atoms in total. The van der Waals surface area contributed by atoms with Gasteiger partial charge in [0.15, 0.2) is 0 Å². The molecule has 108 valence electrons. The first-order chi connectivity index (χ1) is 9.54. The molecule has 0 unspecified atom stereocenters. The quantitative estimate of drug-likeness (QED) is 0.759. The van der Waals surface area contributed by atoms with Crippen LogP contribution in [0.25, 0.3) is 0 Å². The van der Waals surface area contributed by atoms with E-state index in [9.17, 15) is 9.59 Å². The summed E-state index contributed by atoms with van der Waals surface area (Å²) in [6.45, 7) is 2.41. The molecule has 0 bridgehead atoms. The zero-order valence-electron chi connectivity index (χ0n) is 11.3. The number of amides is 1. The van der Waals surface area contributed by atoms with E-state index in [1.165, 1.54) is 0 Å². The number of anilines is 1. The summed E-state index contributed by atoms with van der Waals surface area (Å²) in [5.41, 5.74) is 7.25. The lowest BCUT2D eigenvalue weighted by molar-refractivity contribution is -0.139. The van der Waals surface area contributed by atoms with Gasteiger partial charge in [0.25, 0.3) is 0 Å². The first kappa shape index (κ1) is 14.3. The van der Waals surface area contributed by atoms with E-state index in [2.05, 4.69) is 0 Å². The molecule has 0 atom stereocenters. The highest BCUT2D eigenvalue weighted by atomic mass is 16.4. The van der Waals surface area contributed by atoms with Crippen molar-refractivity contribution >= 4 is 17.6 Å². The summed E-state index contributed by atoms with van der Waals surface area (Å²) in [7, 11) is 0. The van der Waals surface area contributed by atoms with Crippen LogP contribution in [-0.2, 0) is 16.0 Å². The zero-order valence-corrected chi connectivity index (χ0v) is 11.3. The van der Waals surface area contributed by atoms with Gasteiger partial charge in [-0.2, -0.15) is 0 Å². The molecule has 3 N–H and O–H groups in total. The van der Waals surface area contributed by atoms with E-state index < -0.39 is 5.97 Å². The van der Waals surface area contributed by atoms with Crippen molar-refractivity contribution in [3.63, 3.8) is 0 Å². The highest BCUT2D eigenvalue weighted by Gasteiger charge is 2.22. The van der Waals surface area contributed by atoms with Crippen molar-refractivity contribution in [2.45, 2.75) is 6.42 Å². The first-order valence-corrected chi connectivity index (χ1v) is 6.61. The van der Waals surface area contributed by atoms with Crippen LogP contribution in [0.1, 0.15) is 5.56 Å². The second kappa shape index (κ2) is 6.38. The van der Waals surface area contributed by atoms with Crippen molar-refractivity contribution in [2.24, 2.45) is 0 Å². The Morgan fingerprint density at radius 1 is 1.20 bits per heavy atom. The van der Waals surface area contributed by atoms with Gasteiger partial charge in [-0.15, -0.1) is 0 Å². The minimum atomic E-state index is -0.829. The molecule has 1 fully saturated rings. The molecule has 1 aliphatic rings. The Labute approximate surface area is 117 Å². The first-order valence-electron chi connectivity index (χ1n) is 6.61. The van der Waals surface area contributed by atoms with Gasteiger partial charge in [0.05, 0.1) is 13.0 Å². The van der Waals surface area contributed by atoms with Crippen LogP contribution < -0.4 is 5.73 Å². The number of hydrogen-bond donors (Lipinski definition) is 2. The SMILES string of the molecule is Nc1cccc(CC(=O)N2CCN(CC(=O)O)CC2)c1. The molecule has 0 radical (unpaired) electrons. The lowest BCUT2D eigenvalue weighted by atomic mass is 10.1. The van der Waals surface area contributed by atoms with Gasteiger partial charge in [0, 0.05) is 31.9 Å². The lowest BCUT2D eigenvalue weighted by Crippen LogP contribution is -2.50. The molecule has 1 aromatic carbocycles. The number of rotatable bonds is 4. The molecule has 6 heteroatoms. The van der Waals surface area contributed by atoms with Crippen molar-refractivity contribution in [1.82, 2.24) is 9.80 Å². The van der Waals surface area contributed by atoms with E-state index in [0.29, 0.717) is 38.3 Å². The number of aliphatic carboxylic acids is 1. The van der Waals surface area contributed by atoms with Gasteiger partial charge in [0.2, 0.25) is 5.91 Å². The molecule has 1 saturated heterocycles. The molecular formula is C14H19N3O3. The fraction of sp³-hybridized carbons (Fsp3) is 0.429. The number of nitrogen functional groups attached to an aromatic ring is 1. The minimum absolute atomic E-state index is 0.0389. The summed E-state index contributed by atoms with van der Waals surface area (Å²) < 4.78 is 0.